The lowest BCUT2D eigenvalue weighted by atomic mass is 9.99. The zero-order chi connectivity index (χ0) is 16.9. The Kier molecular flexibility index (Phi) is 5.56. The lowest BCUT2D eigenvalue weighted by Gasteiger charge is -2.20. The van der Waals surface area contributed by atoms with Gasteiger partial charge in [0.25, 0.3) is 0 Å². The summed E-state index contributed by atoms with van der Waals surface area (Å²) >= 11 is 11.9. The minimum absolute atomic E-state index is 0.00371. The van der Waals surface area contributed by atoms with Crippen LogP contribution in [-0.4, -0.2) is 24.1 Å². The average Bonchev–Trinajstić information content (AvgIpc) is 2.61. The summed E-state index contributed by atoms with van der Waals surface area (Å²) in [5.74, 6) is 0.525. The van der Waals surface area contributed by atoms with Gasteiger partial charge in [0.2, 0.25) is 5.91 Å². The first-order chi connectivity index (χ1) is 11.6. The van der Waals surface area contributed by atoms with Gasteiger partial charge in [-0.25, -0.2) is 4.98 Å². The van der Waals surface area contributed by atoms with Crippen molar-refractivity contribution >= 4 is 46.3 Å². The predicted molar refractivity (Wildman–Crippen MR) is 96.2 cm³/mol. The van der Waals surface area contributed by atoms with Gasteiger partial charge in [0.15, 0.2) is 0 Å². The Morgan fingerprint density at radius 3 is 2.50 bits per heavy atom. The second-order valence-electron chi connectivity index (χ2n) is 5.56. The fourth-order valence-electron chi connectivity index (χ4n) is 2.47. The van der Waals surface area contributed by atoms with Crippen molar-refractivity contribution in [2.45, 2.75) is 12.8 Å². The van der Waals surface area contributed by atoms with Crippen molar-refractivity contribution in [2.75, 3.05) is 23.8 Å². The van der Waals surface area contributed by atoms with Gasteiger partial charge in [0.1, 0.15) is 5.82 Å². The van der Waals surface area contributed by atoms with E-state index in [1.54, 1.807) is 24.4 Å². The second-order valence-corrected chi connectivity index (χ2v) is 6.38. The number of carbonyl (C=O) groups excluding carboxylic acids is 1. The van der Waals surface area contributed by atoms with Crippen LogP contribution >= 0.6 is 23.2 Å². The largest absolute Gasteiger partial charge is 0.381 e. The van der Waals surface area contributed by atoms with E-state index in [1.165, 1.54) is 0 Å². The molecule has 3 rings (SSSR count). The van der Waals surface area contributed by atoms with Gasteiger partial charge in [-0.3, -0.25) is 4.79 Å². The van der Waals surface area contributed by atoms with Gasteiger partial charge in [0.05, 0.1) is 21.9 Å². The molecule has 1 aromatic heterocycles. The molecule has 24 heavy (non-hydrogen) atoms. The van der Waals surface area contributed by atoms with Crippen molar-refractivity contribution in [3.8, 4) is 0 Å². The molecule has 1 amide bonds. The zero-order valence-corrected chi connectivity index (χ0v) is 14.4. The molecule has 0 radical (unpaired) electrons. The number of aromatic nitrogens is 1. The highest BCUT2D eigenvalue weighted by molar-refractivity contribution is 6.42. The minimum Gasteiger partial charge on any atom is -0.381 e. The van der Waals surface area contributed by atoms with E-state index in [-0.39, 0.29) is 11.8 Å². The van der Waals surface area contributed by atoms with E-state index in [0.29, 0.717) is 29.1 Å². The molecular weight excluding hydrogens is 349 g/mol. The van der Waals surface area contributed by atoms with Crippen LogP contribution in [0, 0.1) is 5.92 Å². The molecule has 0 aliphatic carbocycles. The lowest BCUT2D eigenvalue weighted by Crippen LogP contribution is -2.28. The number of anilines is 3. The van der Waals surface area contributed by atoms with Gasteiger partial charge in [-0.1, -0.05) is 23.2 Å². The second kappa shape index (κ2) is 7.83. The van der Waals surface area contributed by atoms with Crippen LogP contribution in [0.15, 0.2) is 36.5 Å². The minimum atomic E-state index is -0.00504. The van der Waals surface area contributed by atoms with Crippen LogP contribution in [-0.2, 0) is 9.53 Å². The third kappa shape index (κ3) is 4.38. The number of ether oxygens (including phenoxy) is 1. The van der Waals surface area contributed by atoms with Crippen LogP contribution in [0.5, 0.6) is 0 Å². The molecular formula is C17H17Cl2N3O2. The summed E-state index contributed by atoms with van der Waals surface area (Å²) in [6.45, 7) is 1.27. The maximum Gasteiger partial charge on any atom is 0.228 e. The van der Waals surface area contributed by atoms with Crippen molar-refractivity contribution in [1.29, 1.82) is 0 Å². The molecule has 1 aliphatic rings. The Bertz CT molecular complexity index is 716. The summed E-state index contributed by atoms with van der Waals surface area (Å²) in [4.78, 5) is 16.4. The van der Waals surface area contributed by atoms with E-state index in [1.807, 2.05) is 12.1 Å². The summed E-state index contributed by atoms with van der Waals surface area (Å²) in [5, 5.41) is 7.02. The van der Waals surface area contributed by atoms with E-state index < -0.39 is 0 Å². The van der Waals surface area contributed by atoms with E-state index in [9.17, 15) is 4.79 Å². The molecule has 0 atom stereocenters. The van der Waals surface area contributed by atoms with E-state index >= 15 is 0 Å². The highest BCUT2D eigenvalue weighted by atomic mass is 35.5. The number of carbonyl (C=O) groups is 1. The van der Waals surface area contributed by atoms with Gasteiger partial charge in [-0.05, 0) is 43.2 Å². The van der Waals surface area contributed by atoms with Crippen LogP contribution in [0.1, 0.15) is 12.8 Å². The Hall–Kier alpha value is -1.82. The Morgan fingerprint density at radius 2 is 1.83 bits per heavy atom. The number of nitrogens with zero attached hydrogens (tertiary/aromatic N) is 1. The molecule has 7 heteroatoms. The van der Waals surface area contributed by atoms with Crippen molar-refractivity contribution in [3.05, 3.63) is 46.6 Å². The lowest BCUT2D eigenvalue weighted by molar-refractivity contribution is -0.122. The number of hydrogen-bond acceptors (Lipinski definition) is 4. The maximum absolute atomic E-state index is 12.2. The highest BCUT2D eigenvalue weighted by Gasteiger charge is 2.21. The standard InChI is InChI=1S/C17H17Cl2N3O2/c18-14-3-1-12(9-15(14)19)21-13-2-4-16(20-10-13)22-17(23)11-5-7-24-8-6-11/h1-4,9-11,21H,5-8H2,(H,20,22,23). The highest BCUT2D eigenvalue weighted by Crippen LogP contribution is 2.27. The average molecular weight is 366 g/mol. The number of nitrogens with one attached hydrogen (secondary N) is 2. The van der Waals surface area contributed by atoms with Crippen LogP contribution < -0.4 is 10.6 Å². The molecule has 0 spiro atoms. The maximum atomic E-state index is 12.2. The van der Waals surface area contributed by atoms with Crippen molar-refractivity contribution < 1.29 is 9.53 Å². The number of hydrogen-bond donors (Lipinski definition) is 2. The molecule has 1 aliphatic heterocycles. The zero-order valence-electron chi connectivity index (χ0n) is 12.9. The molecule has 0 saturated carbocycles. The summed E-state index contributed by atoms with van der Waals surface area (Å²) in [6.07, 6.45) is 3.16. The molecule has 5 nitrogen and oxygen atoms in total. The molecule has 126 valence electrons. The third-order valence-corrected chi connectivity index (χ3v) is 4.55. The number of benzene rings is 1. The SMILES string of the molecule is O=C(Nc1ccc(Nc2ccc(Cl)c(Cl)c2)cn1)C1CCOCC1. The first kappa shape index (κ1) is 17.0. The fraction of sp³-hybridized carbons (Fsp3) is 0.294. The van der Waals surface area contributed by atoms with E-state index in [2.05, 4.69) is 15.6 Å². The molecule has 2 aromatic rings. The van der Waals surface area contributed by atoms with Crippen molar-refractivity contribution in [1.82, 2.24) is 4.98 Å². The Labute approximate surface area is 150 Å². The van der Waals surface area contributed by atoms with Crippen molar-refractivity contribution in [3.63, 3.8) is 0 Å². The first-order valence-corrected chi connectivity index (χ1v) is 8.44. The first-order valence-electron chi connectivity index (χ1n) is 7.68. The monoisotopic (exact) mass is 365 g/mol. The molecule has 1 fully saturated rings. The van der Waals surface area contributed by atoms with Crippen LogP contribution in [0.25, 0.3) is 0 Å². The van der Waals surface area contributed by atoms with Gasteiger partial charge < -0.3 is 15.4 Å². The molecule has 1 aromatic carbocycles. The number of rotatable bonds is 4. The number of amides is 1. The predicted octanol–water partition coefficient (Wildman–Crippen LogP) is 4.50. The molecule has 2 N–H and O–H groups in total. The van der Waals surface area contributed by atoms with Crippen LogP contribution in [0.2, 0.25) is 10.0 Å². The third-order valence-electron chi connectivity index (χ3n) is 3.82. The Morgan fingerprint density at radius 1 is 1.08 bits per heavy atom. The van der Waals surface area contributed by atoms with Gasteiger partial charge in [0, 0.05) is 24.8 Å². The summed E-state index contributed by atoms with van der Waals surface area (Å²) in [7, 11) is 0. The quantitative estimate of drug-likeness (QED) is 0.837. The van der Waals surface area contributed by atoms with Gasteiger partial charge in [-0.2, -0.15) is 0 Å². The Balaban J connectivity index is 1.60. The smallest absolute Gasteiger partial charge is 0.228 e. The summed E-state index contributed by atoms with van der Waals surface area (Å²) in [6, 6.07) is 8.90. The van der Waals surface area contributed by atoms with Crippen LogP contribution in [0.4, 0.5) is 17.2 Å². The number of halogens is 2. The van der Waals surface area contributed by atoms with E-state index in [4.69, 9.17) is 27.9 Å². The topological polar surface area (TPSA) is 63.2 Å². The summed E-state index contributed by atoms with van der Waals surface area (Å²) in [5.41, 5.74) is 1.60. The van der Waals surface area contributed by atoms with E-state index in [0.717, 1.165) is 24.2 Å². The molecule has 0 bridgehead atoms. The summed E-state index contributed by atoms with van der Waals surface area (Å²) < 4.78 is 5.27. The fourth-order valence-corrected chi connectivity index (χ4v) is 2.77. The van der Waals surface area contributed by atoms with Crippen LogP contribution in [0.3, 0.4) is 0 Å². The normalized spacial score (nSPS) is 15.1. The van der Waals surface area contributed by atoms with Gasteiger partial charge in [-0.15, -0.1) is 0 Å². The van der Waals surface area contributed by atoms with Crippen molar-refractivity contribution in [2.24, 2.45) is 5.92 Å². The molecule has 1 saturated heterocycles. The molecule has 2 heterocycles. The van der Waals surface area contributed by atoms with Gasteiger partial charge >= 0.3 is 0 Å². The molecule has 0 unspecified atom stereocenters. The number of pyridine rings is 1.